The van der Waals surface area contributed by atoms with E-state index in [1.807, 2.05) is 0 Å². The van der Waals surface area contributed by atoms with Crippen molar-refractivity contribution in [3.63, 3.8) is 0 Å². The monoisotopic (exact) mass is 244 g/mol. The maximum absolute atomic E-state index is 5.96. The highest BCUT2D eigenvalue weighted by Crippen LogP contribution is 2.29. The van der Waals surface area contributed by atoms with Gasteiger partial charge in [-0.2, -0.15) is 0 Å². The Morgan fingerprint density at radius 3 is 3.17 bits per heavy atom. The van der Waals surface area contributed by atoms with Crippen LogP contribution in [0.5, 0.6) is 0 Å². The van der Waals surface area contributed by atoms with Crippen LogP contribution >= 0.6 is 0 Å². The van der Waals surface area contributed by atoms with Gasteiger partial charge < -0.3 is 14.6 Å². The van der Waals surface area contributed by atoms with Crippen LogP contribution in [0.4, 0.5) is 0 Å². The van der Waals surface area contributed by atoms with E-state index in [1.165, 1.54) is 22.0 Å². The fourth-order valence-electron chi connectivity index (χ4n) is 2.70. The zero-order valence-electron chi connectivity index (χ0n) is 11.1. The van der Waals surface area contributed by atoms with Crippen LogP contribution in [0.25, 0.3) is 10.9 Å². The molecule has 1 aromatic heterocycles. The van der Waals surface area contributed by atoms with Gasteiger partial charge in [0.15, 0.2) is 0 Å². The van der Waals surface area contributed by atoms with Crippen molar-refractivity contribution in [2.75, 3.05) is 19.7 Å². The lowest BCUT2D eigenvalue weighted by Crippen LogP contribution is -2.19. The first kappa shape index (κ1) is 11.8. The topological polar surface area (TPSA) is 26.2 Å². The molecule has 1 unspecified atom stereocenters. The number of benzene rings is 1. The van der Waals surface area contributed by atoms with Crippen LogP contribution in [-0.4, -0.2) is 24.3 Å². The van der Waals surface area contributed by atoms with E-state index in [9.17, 15) is 0 Å². The maximum atomic E-state index is 5.96. The lowest BCUT2D eigenvalue weighted by atomic mass is 10.1. The van der Waals surface area contributed by atoms with Crippen LogP contribution in [0, 0.1) is 6.92 Å². The number of rotatable bonds is 1. The van der Waals surface area contributed by atoms with Gasteiger partial charge in [0.25, 0.3) is 0 Å². The number of aryl methyl sites for hydroxylation is 2. The summed E-state index contributed by atoms with van der Waals surface area (Å²) in [7, 11) is 2.11. The molecule has 0 spiro atoms. The Morgan fingerprint density at radius 2 is 2.28 bits per heavy atom. The molecule has 0 aliphatic carbocycles. The molecule has 3 heteroatoms. The van der Waals surface area contributed by atoms with Gasteiger partial charge in [-0.1, -0.05) is 12.1 Å². The molecule has 2 heterocycles. The lowest BCUT2D eigenvalue weighted by Gasteiger charge is -2.14. The molecule has 1 aliphatic heterocycles. The highest BCUT2D eigenvalue weighted by molar-refractivity contribution is 5.85. The minimum atomic E-state index is 0.180. The van der Waals surface area contributed by atoms with Gasteiger partial charge in [-0.3, -0.25) is 0 Å². The van der Waals surface area contributed by atoms with E-state index in [4.69, 9.17) is 4.74 Å². The van der Waals surface area contributed by atoms with Gasteiger partial charge in [0.05, 0.1) is 6.10 Å². The first-order valence-corrected chi connectivity index (χ1v) is 6.63. The number of fused-ring (bicyclic) bond motifs is 1. The van der Waals surface area contributed by atoms with Crippen molar-refractivity contribution in [2.24, 2.45) is 7.05 Å². The molecule has 0 bridgehead atoms. The fourth-order valence-corrected chi connectivity index (χ4v) is 2.70. The zero-order valence-corrected chi connectivity index (χ0v) is 11.1. The van der Waals surface area contributed by atoms with Crippen molar-refractivity contribution in [3.8, 4) is 0 Å². The van der Waals surface area contributed by atoms with E-state index < -0.39 is 0 Å². The van der Waals surface area contributed by atoms with Crippen LogP contribution in [0.1, 0.15) is 23.7 Å². The SMILES string of the molecule is Cc1ccc2c(C3CNCCCO3)cn(C)c2c1. The maximum Gasteiger partial charge on any atom is 0.0969 e. The molecule has 0 radical (unpaired) electrons. The Kier molecular flexibility index (Phi) is 3.10. The largest absolute Gasteiger partial charge is 0.372 e. The molecule has 1 aliphatic rings. The summed E-state index contributed by atoms with van der Waals surface area (Å²) in [6.45, 7) is 4.95. The quantitative estimate of drug-likeness (QED) is 0.834. The second kappa shape index (κ2) is 4.75. The summed E-state index contributed by atoms with van der Waals surface area (Å²) >= 11 is 0. The molecule has 3 rings (SSSR count). The van der Waals surface area contributed by atoms with E-state index in [2.05, 4.69) is 48.3 Å². The Hall–Kier alpha value is -1.32. The molecule has 3 nitrogen and oxygen atoms in total. The molecule has 1 fully saturated rings. The zero-order chi connectivity index (χ0) is 12.5. The summed E-state index contributed by atoms with van der Waals surface area (Å²) < 4.78 is 8.17. The number of ether oxygens (including phenoxy) is 1. The molecule has 0 amide bonds. The number of aromatic nitrogens is 1. The second-order valence-electron chi connectivity index (χ2n) is 5.13. The number of hydrogen-bond acceptors (Lipinski definition) is 2. The molecular formula is C15H20N2O. The van der Waals surface area contributed by atoms with Crippen LogP contribution in [0.15, 0.2) is 24.4 Å². The first-order valence-electron chi connectivity index (χ1n) is 6.63. The van der Waals surface area contributed by atoms with E-state index >= 15 is 0 Å². The average Bonchev–Trinajstić information content (AvgIpc) is 2.58. The predicted molar refractivity (Wildman–Crippen MR) is 73.8 cm³/mol. The van der Waals surface area contributed by atoms with Gasteiger partial charge in [0.1, 0.15) is 0 Å². The summed E-state index contributed by atoms with van der Waals surface area (Å²) in [5, 5.41) is 4.76. The number of nitrogens with one attached hydrogen (secondary N) is 1. The standard InChI is InChI=1S/C15H20N2O/c1-11-4-5-12-13(10-17(2)14(12)8-11)15-9-16-6-3-7-18-15/h4-5,8,10,15-16H,3,6-7,9H2,1-2H3. The van der Waals surface area contributed by atoms with Crippen molar-refractivity contribution in [3.05, 3.63) is 35.5 Å². The summed E-state index contributed by atoms with van der Waals surface area (Å²) in [5.41, 5.74) is 3.90. The van der Waals surface area contributed by atoms with Gasteiger partial charge in [-0.15, -0.1) is 0 Å². The van der Waals surface area contributed by atoms with Gasteiger partial charge in [-0.05, 0) is 31.5 Å². The van der Waals surface area contributed by atoms with Crippen LogP contribution < -0.4 is 5.32 Å². The van der Waals surface area contributed by atoms with Gasteiger partial charge in [0, 0.05) is 42.9 Å². The summed E-state index contributed by atoms with van der Waals surface area (Å²) in [6.07, 6.45) is 3.49. The third kappa shape index (κ3) is 2.04. The first-order chi connectivity index (χ1) is 8.75. The molecule has 1 saturated heterocycles. The molecule has 96 valence electrons. The average molecular weight is 244 g/mol. The summed E-state index contributed by atoms with van der Waals surface area (Å²) in [6, 6.07) is 6.63. The van der Waals surface area contributed by atoms with Gasteiger partial charge in [-0.25, -0.2) is 0 Å². The van der Waals surface area contributed by atoms with Crippen LogP contribution in [0.2, 0.25) is 0 Å². The van der Waals surface area contributed by atoms with Crippen molar-refractivity contribution in [1.29, 1.82) is 0 Å². The summed E-state index contributed by atoms with van der Waals surface area (Å²) in [5.74, 6) is 0. The molecular weight excluding hydrogens is 224 g/mol. The number of hydrogen-bond donors (Lipinski definition) is 1. The Labute approximate surface area is 108 Å². The lowest BCUT2D eigenvalue weighted by molar-refractivity contribution is 0.0678. The van der Waals surface area contributed by atoms with Crippen molar-refractivity contribution in [1.82, 2.24) is 9.88 Å². The Morgan fingerprint density at radius 1 is 1.39 bits per heavy atom. The van der Waals surface area contributed by atoms with Crippen molar-refractivity contribution in [2.45, 2.75) is 19.4 Å². The molecule has 2 aromatic rings. The predicted octanol–water partition coefficient (Wildman–Crippen LogP) is 2.54. The normalized spacial score (nSPS) is 21.1. The van der Waals surface area contributed by atoms with E-state index in [-0.39, 0.29) is 6.10 Å². The fraction of sp³-hybridized carbons (Fsp3) is 0.467. The Bertz CT molecular complexity index is 551. The number of nitrogens with zero attached hydrogens (tertiary/aromatic N) is 1. The highest BCUT2D eigenvalue weighted by Gasteiger charge is 2.19. The van der Waals surface area contributed by atoms with Gasteiger partial charge >= 0.3 is 0 Å². The molecule has 1 atom stereocenters. The molecule has 18 heavy (non-hydrogen) atoms. The second-order valence-corrected chi connectivity index (χ2v) is 5.13. The van der Waals surface area contributed by atoms with E-state index in [0.29, 0.717) is 0 Å². The summed E-state index contributed by atoms with van der Waals surface area (Å²) in [4.78, 5) is 0. The van der Waals surface area contributed by atoms with Crippen molar-refractivity contribution < 1.29 is 4.74 Å². The molecule has 1 N–H and O–H groups in total. The minimum Gasteiger partial charge on any atom is -0.372 e. The van der Waals surface area contributed by atoms with E-state index in [0.717, 1.165) is 26.1 Å². The minimum absolute atomic E-state index is 0.180. The molecule has 1 aromatic carbocycles. The van der Waals surface area contributed by atoms with Crippen LogP contribution in [-0.2, 0) is 11.8 Å². The Balaban J connectivity index is 2.05. The van der Waals surface area contributed by atoms with Crippen molar-refractivity contribution >= 4 is 10.9 Å². The van der Waals surface area contributed by atoms with Gasteiger partial charge in [0.2, 0.25) is 0 Å². The van der Waals surface area contributed by atoms with E-state index in [1.54, 1.807) is 0 Å². The smallest absolute Gasteiger partial charge is 0.0969 e. The third-order valence-electron chi connectivity index (χ3n) is 3.67. The third-order valence-corrected chi connectivity index (χ3v) is 3.67. The highest BCUT2D eigenvalue weighted by atomic mass is 16.5. The van der Waals surface area contributed by atoms with Crippen LogP contribution in [0.3, 0.4) is 0 Å². The molecule has 0 saturated carbocycles.